The van der Waals surface area contributed by atoms with Crippen LogP contribution in [0.5, 0.6) is 0 Å². The maximum Gasteiger partial charge on any atom is 0.198 e. The summed E-state index contributed by atoms with van der Waals surface area (Å²) >= 11 is 0. The van der Waals surface area contributed by atoms with Crippen LogP contribution in [0.4, 0.5) is 0 Å². The second-order valence-electron chi connectivity index (χ2n) is 3.40. The average Bonchev–Trinajstić information content (AvgIpc) is 2.69. The molecule has 2 aromatic rings. The molecule has 0 atom stereocenters. The molecule has 15 heavy (non-hydrogen) atoms. The van der Waals surface area contributed by atoms with Crippen LogP contribution >= 0.6 is 0 Å². The summed E-state index contributed by atoms with van der Waals surface area (Å²) < 4.78 is 5.44. The summed E-state index contributed by atoms with van der Waals surface area (Å²) in [5.41, 5.74) is 0.763. The Hall–Kier alpha value is -1.83. The number of rotatable bonds is 4. The molecule has 0 fully saturated rings. The number of carbonyl (C=O) groups excluding carboxylic acids is 1. The third kappa shape index (κ3) is 1.99. The zero-order chi connectivity index (χ0) is 10.7. The van der Waals surface area contributed by atoms with E-state index in [0.717, 1.165) is 11.0 Å². The van der Waals surface area contributed by atoms with E-state index in [4.69, 9.17) is 4.42 Å². The second kappa shape index (κ2) is 4.13. The zero-order valence-corrected chi connectivity index (χ0v) is 8.40. The van der Waals surface area contributed by atoms with Crippen LogP contribution in [-0.2, 0) is 0 Å². The highest BCUT2D eigenvalue weighted by Gasteiger charge is 2.10. The molecule has 2 nitrogen and oxygen atoms in total. The van der Waals surface area contributed by atoms with Crippen molar-refractivity contribution < 1.29 is 9.21 Å². The number of Topliss-reactive ketones (excluding diaryl/α,β-unsaturated/α-hetero) is 1. The third-order valence-electron chi connectivity index (χ3n) is 2.28. The van der Waals surface area contributed by atoms with Crippen LogP contribution in [0.2, 0.25) is 0 Å². The van der Waals surface area contributed by atoms with Crippen molar-refractivity contribution in [2.24, 2.45) is 0 Å². The van der Waals surface area contributed by atoms with Gasteiger partial charge in [-0.25, -0.2) is 0 Å². The molecule has 0 aliphatic rings. The molecule has 2 rings (SSSR count). The average molecular weight is 200 g/mol. The van der Waals surface area contributed by atoms with Gasteiger partial charge in [0.15, 0.2) is 11.5 Å². The highest BCUT2D eigenvalue weighted by atomic mass is 16.3. The van der Waals surface area contributed by atoms with E-state index >= 15 is 0 Å². The van der Waals surface area contributed by atoms with Crippen molar-refractivity contribution in [3.05, 3.63) is 48.7 Å². The molecule has 1 heterocycles. The normalized spacial score (nSPS) is 10.4. The maximum atomic E-state index is 11.6. The summed E-state index contributed by atoms with van der Waals surface area (Å²) in [5.74, 6) is 0.476. The van der Waals surface area contributed by atoms with E-state index in [-0.39, 0.29) is 5.78 Å². The highest BCUT2D eigenvalue weighted by Crippen LogP contribution is 2.20. The van der Waals surface area contributed by atoms with Crippen molar-refractivity contribution in [1.82, 2.24) is 0 Å². The van der Waals surface area contributed by atoms with Gasteiger partial charge in [-0.3, -0.25) is 4.79 Å². The molecular weight excluding hydrogens is 188 g/mol. The molecule has 0 saturated carbocycles. The molecule has 0 saturated heterocycles. The fourth-order valence-corrected chi connectivity index (χ4v) is 1.48. The van der Waals surface area contributed by atoms with Crippen LogP contribution in [-0.4, -0.2) is 5.78 Å². The van der Waals surface area contributed by atoms with Gasteiger partial charge in [0.1, 0.15) is 5.58 Å². The Kier molecular flexibility index (Phi) is 2.68. The van der Waals surface area contributed by atoms with Crippen LogP contribution < -0.4 is 0 Å². The minimum atomic E-state index is 0.0334. The van der Waals surface area contributed by atoms with Gasteiger partial charge in [0, 0.05) is 11.8 Å². The lowest BCUT2D eigenvalue weighted by atomic mass is 10.1. The number of hydrogen-bond donors (Lipinski definition) is 0. The van der Waals surface area contributed by atoms with Gasteiger partial charge in [-0.1, -0.05) is 24.3 Å². The number of furan rings is 1. The predicted octanol–water partition coefficient (Wildman–Crippen LogP) is 3.58. The Balaban J connectivity index is 2.28. The molecule has 0 aliphatic carbocycles. The standard InChI is InChI=1S/C13H12O2/c1-2-3-7-11(14)13-9-10-6-4-5-8-12(10)15-13/h2,4-6,8-9H,1,3,7H2. The minimum absolute atomic E-state index is 0.0334. The molecule has 0 N–H and O–H groups in total. The van der Waals surface area contributed by atoms with Gasteiger partial charge in [-0.15, -0.1) is 6.58 Å². The van der Waals surface area contributed by atoms with E-state index in [1.165, 1.54) is 0 Å². The van der Waals surface area contributed by atoms with Crippen LogP contribution in [0.3, 0.4) is 0 Å². The predicted molar refractivity (Wildman–Crippen MR) is 60.0 cm³/mol. The van der Waals surface area contributed by atoms with E-state index < -0.39 is 0 Å². The minimum Gasteiger partial charge on any atom is -0.453 e. The van der Waals surface area contributed by atoms with E-state index in [9.17, 15) is 4.79 Å². The Morgan fingerprint density at radius 1 is 1.40 bits per heavy atom. The number of ketones is 1. The van der Waals surface area contributed by atoms with Crippen molar-refractivity contribution >= 4 is 16.8 Å². The summed E-state index contributed by atoms with van der Waals surface area (Å²) in [6.07, 6.45) is 2.89. The summed E-state index contributed by atoms with van der Waals surface area (Å²) in [4.78, 5) is 11.6. The lowest BCUT2D eigenvalue weighted by Gasteiger charge is -1.91. The van der Waals surface area contributed by atoms with Crippen molar-refractivity contribution in [2.45, 2.75) is 12.8 Å². The van der Waals surface area contributed by atoms with Gasteiger partial charge in [0.25, 0.3) is 0 Å². The molecule has 1 aromatic carbocycles. The first-order valence-electron chi connectivity index (χ1n) is 4.94. The maximum absolute atomic E-state index is 11.6. The lowest BCUT2D eigenvalue weighted by molar-refractivity contribution is 0.0959. The van der Waals surface area contributed by atoms with Crippen molar-refractivity contribution in [2.75, 3.05) is 0 Å². The Morgan fingerprint density at radius 2 is 2.20 bits per heavy atom. The molecule has 0 bridgehead atoms. The van der Waals surface area contributed by atoms with Crippen LogP contribution in [0.15, 0.2) is 47.4 Å². The van der Waals surface area contributed by atoms with Crippen LogP contribution in [0.1, 0.15) is 23.4 Å². The first kappa shape index (κ1) is 9.71. The smallest absolute Gasteiger partial charge is 0.198 e. The van der Waals surface area contributed by atoms with Crippen LogP contribution in [0.25, 0.3) is 11.0 Å². The second-order valence-corrected chi connectivity index (χ2v) is 3.40. The largest absolute Gasteiger partial charge is 0.453 e. The monoisotopic (exact) mass is 200 g/mol. The van der Waals surface area contributed by atoms with E-state index in [1.54, 1.807) is 12.1 Å². The summed E-state index contributed by atoms with van der Waals surface area (Å²) in [7, 11) is 0. The summed E-state index contributed by atoms with van der Waals surface area (Å²) in [6.45, 7) is 3.59. The Morgan fingerprint density at radius 3 is 2.93 bits per heavy atom. The fraction of sp³-hybridized carbons (Fsp3) is 0.154. The van der Waals surface area contributed by atoms with Crippen molar-refractivity contribution in [3.8, 4) is 0 Å². The molecule has 2 heteroatoms. The molecule has 0 amide bonds. The Labute approximate surface area is 88.2 Å². The number of para-hydroxylation sites is 1. The molecule has 0 spiro atoms. The zero-order valence-electron chi connectivity index (χ0n) is 8.40. The molecule has 0 radical (unpaired) electrons. The topological polar surface area (TPSA) is 30.2 Å². The fourth-order valence-electron chi connectivity index (χ4n) is 1.48. The van der Waals surface area contributed by atoms with Gasteiger partial charge in [-0.2, -0.15) is 0 Å². The van der Waals surface area contributed by atoms with Crippen molar-refractivity contribution in [1.29, 1.82) is 0 Å². The van der Waals surface area contributed by atoms with Crippen molar-refractivity contribution in [3.63, 3.8) is 0 Å². The van der Waals surface area contributed by atoms with Crippen LogP contribution in [0, 0.1) is 0 Å². The Bertz CT molecular complexity index is 461. The SMILES string of the molecule is C=CCCC(=O)c1cc2ccccc2o1. The quantitative estimate of drug-likeness (QED) is 0.557. The number of carbonyl (C=O) groups is 1. The number of allylic oxidation sites excluding steroid dienone is 1. The molecule has 1 aromatic heterocycles. The first-order valence-corrected chi connectivity index (χ1v) is 4.94. The third-order valence-corrected chi connectivity index (χ3v) is 2.28. The number of benzene rings is 1. The molecule has 0 unspecified atom stereocenters. The summed E-state index contributed by atoms with van der Waals surface area (Å²) in [6, 6.07) is 9.41. The summed E-state index contributed by atoms with van der Waals surface area (Å²) in [5, 5.41) is 0.972. The van der Waals surface area contributed by atoms with Gasteiger partial charge in [-0.05, 0) is 18.6 Å². The molecular formula is C13H12O2. The molecule has 76 valence electrons. The van der Waals surface area contributed by atoms with Gasteiger partial charge < -0.3 is 4.42 Å². The first-order chi connectivity index (χ1) is 7.31. The molecule has 0 aliphatic heterocycles. The van der Waals surface area contributed by atoms with Gasteiger partial charge in [0.05, 0.1) is 0 Å². The van der Waals surface area contributed by atoms with E-state index in [0.29, 0.717) is 18.6 Å². The van der Waals surface area contributed by atoms with Gasteiger partial charge >= 0.3 is 0 Å². The van der Waals surface area contributed by atoms with Gasteiger partial charge in [0.2, 0.25) is 0 Å². The van der Waals surface area contributed by atoms with E-state index in [2.05, 4.69) is 6.58 Å². The highest BCUT2D eigenvalue weighted by molar-refractivity contribution is 5.97. The number of hydrogen-bond acceptors (Lipinski definition) is 2. The number of fused-ring (bicyclic) bond motifs is 1. The lowest BCUT2D eigenvalue weighted by Crippen LogP contribution is -1.94. The van der Waals surface area contributed by atoms with E-state index in [1.807, 2.05) is 24.3 Å².